The highest BCUT2D eigenvalue weighted by Gasteiger charge is 2.37. The minimum absolute atomic E-state index is 0.0176. The van der Waals surface area contributed by atoms with Crippen LogP contribution in [0.25, 0.3) is 0 Å². The van der Waals surface area contributed by atoms with Gasteiger partial charge in [0, 0.05) is 25.0 Å². The van der Waals surface area contributed by atoms with E-state index >= 15 is 0 Å². The fourth-order valence-electron chi connectivity index (χ4n) is 7.59. The number of rotatable bonds is 42. The van der Waals surface area contributed by atoms with Gasteiger partial charge < -0.3 is 27.4 Å². The van der Waals surface area contributed by atoms with E-state index in [4.69, 9.17) is 31.9 Å². The van der Waals surface area contributed by atoms with E-state index in [0.29, 0.717) is 12.8 Å². The maximum absolute atomic E-state index is 14.2. The van der Waals surface area contributed by atoms with Gasteiger partial charge in [0.15, 0.2) is 6.10 Å². The van der Waals surface area contributed by atoms with E-state index in [0.717, 1.165) is 63.2 Å². The van der Waals surface area contributed by atoms with E-state index in [1.165, 1.54) is 155 Å². The molecule has 366 valence electrons. The summed E-state index contributed by atoms with van der Waals surface area (Å²) in [5, 5.41) is 0. The highest BCUT2D eigenvalue weighted by Crippen LogP contribution is 2.49. The second-order valence-corrected chi connectivity index (χ2v) is 19.0. The van der Waals surface area contributed by atoms with Gasteiger partial charge in [-0.15, -0.1) is 0 Å². The zero-order chi connectivity index (χ0) is 46.5. The molecule has 0 aliphatic carbocycles. The lowest BCUT2D eigenvalue weighted by Gasteiger charge is -2.22. The highest BCUT2D eigenvalue weighted by atomic mass is 31.2. The van der Waals surface area contributed by atoms with Crippen molar-refractivity contribution in [3.63, 3.8) is 0 Å². The molecule has 64 heavy (non-hydrogen) atoms. The third kappa shape index (κ3) is 27.8. The first-order valence-electron chi connectivity index (χ1n) is 25.2. The Labute approximate surface area is 385 Å². The molecule has 0 radical (unpaired) electrons. The standard InChI is InChI=1S/C51H85O12P/c1-5-7-9-11-13-15-17-19-21-23-25-27-29-31-33-35-48(54)59-41-45(61-49(55)36-34-32-30-28-26-24-22-20-18-16-14-12-10-8-6-2)42-60-64(56,62-50-43(3)57-39-37-46(50)52)63-51-44(4)58-40-38-47(51)53/h37-40,45H,5-36,41-42H2,1-4H3/t45-/m1/s1. The number of phosphoric ester groups is 1. The molecule has 0 aliphatic heterocycles. The number of aryl methyl sites for hydroxylation is 2. The molecular weight excluding hydrogens is 836 g/mol. The number of unbranched alkanes of at least 4 members (excludes halogenated alkanes) is 28. The van der Waals surface area contributed by atoms with E-state index in [-0.39, 0.29) is 31.0 Å². The van der Waals surface area contributed by atoms with Crippen LogP contribution in [0.1, 0.15) is 231 Å². The SMILES string of the molecule is CCCCCCCCCCCCCCCCCC(=O)OC[C@H](COP(=O)(Oc1c(C)occc1=O)Oc1c(C)occc1=O)OC(=O)CCCCCCCCCCCCCCCCC. The Bertz CT molecular complexity index is 1600. The fraction of sp³-hybridized carbons (Fsp3) is 0.765. The lowest BCUT2D eigenvalue weighted by Crippen LogP contribution is -2.30. The second kappa shape index (κ2) is 36.8. The first-order valence-corrected chi connectivity index (χ1v) is 26.7. The van der Waals surface area contributed by atoms with Gasteiger partial charge in [0.2, 0.25) is 22.4 Å². The van der Waals surface area contributed by atoms with Crippen LogP contribution < -0.4 is 19.9 Å². The predicted molar refractivity (Wildman–Crippen MR) is 254 cm³/mol. The smallest absolute Gasteiger partial charge is 0.465 e. The molecule has 0 amide bonds. The number of hydrogen-bond donors (Lipinski definition) is 0. The van der Waals surface area contributed by atoms with Crippen LogP contribution in [-0.4, -0.2) is 31.3 Å². The van der Waals surface area contributed by atoms with Crippen LogP contribution >= 0.6 is 7.82 Å². The van der Waals surface area contributed by atoms with Gasteiger partial charge in [-0.25, -0.2) is 4.57 Å². The summed E-state index contributed by atoms with van der Waals surface area (Å²) in [5.74, 6) is -1.94. The van der Waals surface area contributed by atoms with E-state index in [1.807, 2.05) is 0 Å². The Kier molecular flexibility index (Phi) is 32.6. The lowest BCUT2D eigenvalue weighted by atomic mass is 10.0. The average Bonchev–Trinajstić information content (AvgIpc) is 3.27. The van der Waals surface area contributed by atoms with Crippen molar-refractivity contribution in [2.45, 2.75) is 239 Å². The molecule has 0 N–H and O–H groups in total. The molecule has 0 saturated carbocycles. The summed E-state index contributed by atoms with van der Waals surface area (Å²) in [6, 6.07) is 2.13. The van der Waals surface area contributed by atoms with Crippen molar-refractivity contribution in [3.05, 3.63) is 56.6 Å². The normalized spacial score (nSPS) is 12.0. The number of ether oxygens (including phenoxy) is 2. The molecule has 12 nitrogen and oxygen atoms in total. The van der Waals surface area contributed by atoms with Gasteiger partial charge in [-0.3, -0.25) is 23.7 Å². The van der Waals surface area contributed by atoms with Crippen LogP contribution in [0.5, 0.6) is 11.5 Å². The van der Waals surface area contributed by atoms with E-state index in [2.05, 4.69) is 13.8 Å². The van der Waals surface area contributed by atoms with Crippen molar-refractivity contribution < 1.29 is 46.0 Å². The zero-order valence-electron chi connectivity index (χ0n) is 40.3. The van der Waals surface area contributed by atoms with Gasteiger partial charge in [0.05, 0.1) is 12.5 Å². The fourth-order valence-corrected chi connectivity index (χ4v) is 8.97. The summed E-state index contributed by atoms with van der Waals surface area (Å²) in [5.41, 5.74) is -1.35. The van der Waals surface area contributed by atoms with Gasteiger partial charge >= 0.3 is 19.8 Å². The van der Waals surface area contributed by atoms with Crippen LogP contribution in [-0.2, 0) is 28.2 Å². The van der Waals surface area contributed by atoms with E-state index in [1.54, 1.807) is 0 Å². The Morgan fingerprint density at radius 3 is 1.17 bits per heavy atom. The molecule has 2 aromatic rings. The Balaban J connectivity index is 1.88. The molecule has 0 fully saturated rings. The van der Waals surface area contributed by atoms with Crippen LogP contribution in [0.2, 0.25) is 0 Å². The quantitative estimate of drug-likeness (QED) is 0.0353. The first kappa shape index (κ1) is 56.8. The number of esters is 2. The number of carbonyl (C=O) groups is 2. The zero-order valence-corrected chi connectivity index (χ0v) is 41.2. The van der Waals surface area contributed by atoms with E-state index < -0.39 is 54.8 Å². The molecular formula is C51H85O12P. The molecule has 0 spiro atoms. The molecule has 0 aliphatic rings. The number of phosphoric acid groups is 1. The number of hydrogen-bond acceptors (Lipinski definition) is 12. The molecule has 13 heteroatoms. The largest absolute Gasteiger partial charge is 0.588 e. The van der Waals surface area contributed by atoms with Gasteiger partial charge in [0.1, 0.15) is 24.7 Å². The summed E-state index contributed by atoms with van der Waals surface area (Å²) < 4.78 is 52.7. The molecule has 0 saturated heterocycles. The maximum Gasteiger partial charge on any atom is 0.588 e. The highest BCUT2D eigenvalue weighted by molar-refractivity contribution is 7.49. The summed E-state index contributed by atoms with van der Waals surface area (Å²) >= 11 is 0. The number of carbonyl (C=O) groups excluding carboxylic acids is 2. The van der Waals surface area contributed by atoms with E-state index in [9.17, 15) is 23.7 Å². The van der Waals surface area contributed by atoms with Gasteiger partial charge in [-0.1, -0.05) is 194 Å². The Hall–Kier alpha value is -3.37. The first-order chi connectivity index (χ1) is 31.1. The topological polar surface area (TPSA) is 158 Å². The summed E-state index contributed by atoms with van der Waals surface area (Å²) in [6.07, 6.45) is 37.7. The predicted octanol–water partition coefficient (Wildman–Crippen LogP) is 14.8. The van der Waals surface area contributed by atoms with Gasteiger partial charge in [0.25, 0.3) is 0 Å². The van der Waals surface area contributed by atoms with Crippen molar-refractivity contribution in [2.24, 2.45) is 0 Å². The maximum atomic E-state index is 14.2. The third-order valence-corrected chi connectivity index (χ3v) is 12.8. The van der Waals surface area contributed by atoms with Crippen molar-refractivity contribution >= 4 is 19.8 Å². The minimum Gasteiger partial charge on any atom is -0.465 e. The monoisotopic (exact) mass is 921 g/mol. The van der Waals surface area contributed by atoms with Crippen LogP contribution in [0.4, 0.5) is 0 Å². The molecule has 0 unspecified atom stereocenters. The van der Waals surface area contributed by atoms with Crippen LogP contribution in [0.3, 0.4) is 0 Å². The molecule has 2 rings (SSSR count). The summed E-state index contributed by atoms with van der Waals surface area (Å²) in [7, 11) is -4.87. The molecule has 0 bridgehead atoms. The molecule has 1 atom stereocenters. The minimum atomic E-state index is -4.87. The Morgan fingerprint density at radius 2 is 0.828 bits per heavy atom. The second-order valence-electron chi connectivity index (χ2n) is 17.5. The van der Waals surface area contributed by atoms with Crippen LogP contribution in [0, 0.1) is 13.8 Å². The van der Waals surface area contributed by atoms with Gasteiger partial charge in [-0.2, -0.15) is 0 Å². The van der Waals surface area contributed by atoms with Crippen molar-refractivity contribution in [1.82, 2.24) is 0 Å². The van der Waals surface area contributed by atoms with Crippen LogP contribution in [0.15, 0.2) is 43.1 Å². The average molecular weight is 921 g/mol. The third-order valence-electron chi connectivity index (χ3n) is 11.5. The van der Waals surface area contributed by atoms with Crippen molar-refractivity contribution in [1.29, 1.82) is 0 Å². The summed E-state index contributed by atoms with van der Waals surface area (Å²) in [4.78, 5) is 51.3. The lowest BCUT2D eigenvalue weighted by molar-refractivity contribution is -0.161. The molecule has 2 aromatic heterocycles. The van der Waals surface area contributed by atoms with Crippen molar-refractivity contribution in [3.8, 4) is 11.5 Å². The summed E-state index contributed by atoms with van der Waals surface area (Å²) in [6.45, 7) is 6.36. The Morgan fingerprint density at radius 1 is 0.500 bits per heavy atom. The van der Waals surface area contributed by atoms with Crippen molar-refractivity contribution in [2.75, 3.05) is 13.2 Å². The molecule has 0 aromatic carbocycles. The molecule has 2 heterocycles. The van der Waals surface area contributed by atoms with Gasteiger partial charge in [-0.05, 0) is 26.7 Å².